The van der Waals surface area contributed by atoms with Gasteiger partial charge in [-0.1, -0.05) is 12.5 Å². The molecule has 1 aliphatic carbocycles. The molecule has 2 aliphatic heterocycles. The summed E-state index contributed by atoms with van der Waals surface area (Å²) in [7, 11) is 0. The second kappa shape index (κ2) is 8.56. The number of aromatic hydroxyl groups is 1. The summed E-state index contributed by atoms with van der Waals surface area (Å²) in [4.78, 5) is 10.9. The van der Waals surface area contributed by atoms with Crippen molar-refractivity contribution in [2.45, 2.75) is 68.9 Å². The van der Waals surface area contributed by atoms with Crippen LogP contribution >= 0.6 is 11.3 Å². The standard InChI is InChI=1S/C24H24FN7OS/c25-22-18-3-1-2-14(28-18)9-20(22)32(16-5-6-16)24-27-11-19(30-31-24)17-7-4-13(8-21(17)33)23-29-15(10-26)12-34-23/h4,7-8,11-12,14,16,18,20,22,28,33H,1-3,5-6,9H2/t14-,18-,20-,22+/m0/s1. The summed E-state index contributed by atoms with van der Waals surface area (Å²) < 4.78 is 15.4. The zero-order valence-corrected chi connectivity index (χ0v) is 19.2. The number of halogens is 1. The van der Waals surface area contributed by atoms with Gasteiger partial charge in [0.25, 0.3) is 0 Å². The maximum absolute atomic E-state index is 15.4. The highest BCUT2D eigenvalue weighted by molar-refractivity contribution is 7.13. The van der Waals surface area contributed by atoms with Gasteiger partial charge in [-0.15, -0.1) is 21.5 Å². The van der Waals surface area contributed by atoms with Crippen molar-refractivity contribution in [2.75, 3.05) is 4.90 Å². The van der Waals surface area contributed by atoms with E-state index in [9.17, 15) is 5.11 Å². The highest BCUT2D eigenvalue weighted by Gasteiger charge is 2.47. The summed E-state index contributed by atoms with van der Waals surface area (Å²) in [6.07, 6.45) is 6.47. The van der Waals surface area contributed by atoms with E-state index in [1.165, 1.54) is 11.3 Å². The third-order valence-corrected chi connectivity index (χ3v) is 7.90. The molecule has 3 aliphatic rings. The molecule has 2 N–H and O–H groups in total. The number of piperidine rings is 2. The molecule has 2 bridgehead atoms. The van der Waals surface area contributed by atoms with E-state index in [1.807, 2.05) is 12.1 Å². The first-order valence-electron chi connectivity index (χ1n) is 11.7. The Balaban J connectivity index is 1.25. The number of alkyl halides is 1. The zero-order valence-electron chi connectivity index (χ0n) is 18.4. The smallest absolute Gasteiger partial charge is 0.245 e. The van der Waals surface area contributed by atoms with Crippen molar-refractivity contribution in [1.82, 2.24) is 25.5 Å². The molecule has 8 nitrogen and oxygen atoms in total. The van der Waals surface area contributed by atoms with Gasteiger partial charge in [-0.25, -0.2) is 14.4 Å². The van der Waals surface area contributed by atoms with Crippen LogP contribution in [0.1, 0.15) is 44.2 Å². The van der Waals surface area contributed by atoms with E-state index in [2.05, 4.69) is 30.4 Å². The van der Waals surface area contributed by atoms with Crippen molar-refractivity contribution in [3.8, 4) is 33.6 Å². The first-order chi connectivity index (χ1) is 16.6. The number of thiazole rings is 1. The van der Waals surface area contributed by atoms with Crippen LogP contribution in [0.4, 0.5) is 10.3 Å². The zero-order chi connectivity index (χ0) is 23.2. The van der Waals surface area contributed by atoms with Crippen LogP contribution in [0.15, 0.2) is 29.8 Å². The molecule has 0 unspecified atom stereocenters. The second-order valence-electron chi connectivity index (χ2n) is 9.31. The van der Waals surface area contributed by atoms with Gasteiger partial charge in [-0.3, -0.25) is 0 Å². The predicted molar refractivity (Wildman–Crippen MR) is 126 cm³/mol. The summed E-state index contributed by atoms with van der Waals surface area (Å²) >= 11 is 1.35. The average molecular weight is 478 g/mol. The summed E-state index contributed by atoms with van der Waals surface area (Å²) in [6, 6.07) is 7.46. The third-order valence-electron chi connectivity index (χ3n) is 7.01. The lowest BCUT2D eigenvalue weighted by Gasteiger charge is -2.46. The number of nitriles is 1. The number of rotatable bonds is 5. The van der Waals surface area contributed by atoms with Crippen molar-refractivity contribution in [1.29, 1.82) is 5.26 Å². The quantitative estimate of drug-likeness (QED) is 0.570. The molecule has 4 atom stereocenters. The molecule has 10 heteroatoms. The average Bonchev–Trinajstić information content (AvgIpc) is 3.57. The van der Waals surface area contributed by atoms with Gasteiger partial charge in [0, 0.05) is 34.6 Å². The van der Waals surface area contributed by atoms with E-state index in [1.54, 1.807) is 23.7 Å². The number of anilines is 1. The Kier molecular flexibility index (Phi) is 5.38. The second-order valence-corrected chi connectivity index (χ2v) is 10.2. The molecule has 4 heterocycles. The minimum atomic E-state index is -0.954. The van der Waals surface area contributed by atoms with Crippen LogP contribution in [0.2, 0.25) is 0 Å². The van der Waals surface area contributed by atoms with E-state index in [4.69, 9.17) is 5.26 Å². The maximum atomic E-state index is 15.4. The minimum absolute atomic E-state index is 0.0316. The lowest BCUT2D eigenvalue weighted by Crippen LogP contribution is -2.62. The summed E-state index contributed by atoms with van der Waals surface area (Å²) in [5.41, 5.74) is 2.02. The Bertz CT molecular complexity index is 1240. The van der Waals surface area contributed by atoms with Crippen LogP contribution < -0.4 is 10.2 Å². The van der Waals surface area contributed by atoms with Gasteiger partial charge in [0.1, 0.15) is 28.7 Å². The van der Waals surface area contributed by atoms with Gasteiger partial charge < -0.3 is 15.3 Å². The predicted octanol–water partition coefficient (Wildman–Crippen LogP) is 3.83. The van der Waals surface area contributed by atoms with E-state index >= 15 is 4.39 Å². The molecule has 3 aromatic rings. The van der Waals surface area contributed by atoms with Crippen molar-refractivity contribution in [2.24, 2.45) is 0 Å². The number of benzene rings is 1. The normalized spacial score (nSPS) is 26.1. The van der Waals surface area contributed by atoms with Crippen LogP contribution in [0.3, 0.4) is 0 Å². The van der Waals surface area contributed by atoms with Gasteiger partial charge in [0.05, 0.1) is 12.2 Å². The molecule has 174 valence electrons. The summed E-state index contributed by atoms with van der Waals surface area (Å²) in [5.74, 6) is 0.492. The van der Waals surface area contributed by atoms with E-state index in [0.29, 0.717) is 33.9 Å². The van der Waals surface area contributed by atoms with Gasteiger partial charge in [-0.2, -0.15) is 5.26 Å². The lowest BCUT2D eigenvalue weighted by molar-refractivity contribution is 0.103. The molecule has 6 rings (SSSR count). The van der Waals surface area contributed by atoms with Crippen LogP contribution in [0.5, 0.6) is 5.75 Å². The van der Waals surface area contributed by atoms with Crippen LogP contribution in [-0.2, 0) is 0 Å². The van der Waals surface area contributed by atoms with E-state index in [-0.39, 0.29) is 23.9 Å². The summed E-state index contributed by atoms with van der Waals surface area (Å²) in [6.45, 7) is 0. The molecule has 1 saturated carbocycles. The number of aromatic nitrogens is 4. The number of nitrogens with zero attached hydrogens (tertiary/aromatic N) is 6. The Morgan fingerprint density at radius 1 is 1.21 bits per heavy atom. The van der Waals surface area contributed by atoms with Crippen LogP contribution in [-0.4, -0.2) is 55.6 Å². The van der Waals surface area contributed by atoms with Crippen molar-refractivity contribution < 1.29 is 9.50 Å². The Labute approximate surface area is 200 Å². The van der Waals surface area contributed by atoms with Crippen molar-refractivity contribution in [3.05, 3.63) is 35.5 Å². The number of phenols is 1. The van der Waals surface area contributed by atoms with Gasteiger partial charge in [-0.05, 0) is 44.2 Å². The van der Waals surface area contributed by atoms with Gasteiger partial charge >= 0.3 is 0 Å². The molecular formula is C24H24FN7OS. The lowest BCUT2D eigenvalue weighted by atomic mass is 9.82. The number of phenolic OH excluding ortho intramolecular Hbond substituents is 1. The highest BCUT2D eigenvalue weighted by atomic mass is 32.1. The first-order valence-corrected chi connectivity index (χ1v) is 12.6. The highest BCUT2D eigenvalue weighted by Crippen LogP contribution is 2.39. The fraction of sp³-hybridized carbons (Fsp3) is 0.458. The number of hydrogen-bond donors (Lipinski definition) is 2. The molecule has 34 heavy (non-hydrogen) atoms. The Morgan fingerprint density at radius 3 is 2.79 bits per heavy atom. The molecule has 0 spiro atoms. The molecule has 2 saturated heterocycles. The molecule has 0 amide bonds. The van der Waals surface area contributed by atoms with E-state index in [0.717, 1.165) is 44.1 Å². The number of hydrogen-bond acceptors (Lipinski definition) is 9. The third kappa shape index (κ3) is 3.89. The maximum Gasteiger partial charge on any atom is 0.245 e. The fourth-order valence-electron chi connectivity index (χ4n) is 5.23. The van der Waals surface area contributed by atoms with Crippen LogP contribution in [0.25, 0.3) is 21.8 Å². The monoisotopic (exact) mass is 477 g/mol. The topological polar surface area (TPSA) is 111 Å². The number of fused-ring (bicyclic) bond motifs is 2. The summed E-state index contributed by atoms with van der Waals surface area (Å²) in [5, 5.41) is 34.1. The molecule has 1 aromatic carbocycles. The van der Waals surface area contributed by atoms with Crippen molar-refractivity contribution >= 4 is 17.3 Å². The minimum Gasteiger partial charge on any atom is -0.507 e. The largest absolute Gasteiger partial charge is 0.507 e. The first kappa shape index (κ1) is 21.4. The fourth-order valence-corrected chi connectivity index (χ4v) is 5.97. The molecule has 3 fully saturated rings. The number of nitrogens with one attached hydrogen (secondary N) is 1. The van der Waals surface area contributed by atoms with E-state index < -0.39 is 6.17 Å². The Hall–Kier alpha value is -3.16. The SMILES string of the molecule is N#Cc1csc(-c2ccc(-c3cnc(N(C4CC4)[C@H]4C[C@@H]5CCC[C@H](N5)[C@H]4F)nn3)c(O)c2)n1. The van der Waals surface area contributed by atoms with Gasteiger partial charge in [0.2, 0.25) is 5.95 Å². The van der Waals surface area contributed by atoms with Gasteiger partial charge in [0.15, 0.2) is 5.69 Å². The van der Waals surface area contributed by atoms with Crippen molar-refractivity contribution in [3.63, 3.8) is 0 Å². The van der Waals surface area contributed by atoms with Crippen LogP contribution in [0, 0.1) is 11.3 Å². The molecular weight excluding hydrogens is 453 g/mol. The Morgan fingerprint density at radius 2 is 2.09 bits per heavy atom. The molecule has 0 radical (unpaired) electrons. The molecule has 2 aromatic heterocycles.